The highest BCUT2D eigenvalue weighted by atomic mass is 32.2. The summed E-state index contributed by atoms with van der Waals surface area (Å²) >= 11 is 0. The summed E-state index contributed by atoms with van der Waals surface area (Å²) in [5, 5.41) is 2.59. The minimum atomic E-state index is -3.67. The molecule has 1 amide bonds. The van der Waals surface area contributed by atoms with Gasteiger partial charge in [-0.15, -0.1) is 0 Å². The minimum Gasteiger partial charge on any atom is -0.355 e. The molecule has 1 rings (SSSR count). The lowest BCUT2D eigenvalue weighted by molar-refractivity contribution is -0.123. The van der Waals surface area contributed by atoms with E-state index >= 15 is 0 Å². The normalized spacial score (nSPS) is 11.5. The second-order valence-corrected chi connectivity index (χ2v) is 6.00. The third kappa shape index (κ3) is 4.84. The Hall–Kier alpha value is -1.67. The van der Waals surface area contributed by atoms with Crippen LogP contribution < -0.4 is 15.6 Å². The fourth-order valence-corrected chi connectivity index (χ4v) is 2.22. The van der Waals surface area contributed by atoms with Gasteiger partial charge in [0.2, 0.25) is 21.5 Å². The van der Waals surface area contributed by atoms with Gasteiger partial charge in [-0.1, -0.05) is 13.8 Å². The molecule has 7 nitrogen and oxygen atoms in total. The van der Waals surface area contributed by atoms with Crippen LogP contribution in [-0.4, -0.2) is 32.4 Å². The van der Waals surface area contributed by atoms with Crippen molar-refractivity contribution < 1.29 is 13.2 Å². The smallest absolute Gasteiger partial charge is 0.247 e. The lowest BCUT2D eigenvalue weighted by Gasteiger charge is -2.09. The number of rotatable bonds is 6. The van der Waals surface area contributed by atoms with Crippen molar-refractivity contribution in [2.75, 3.05) is 13.1 Å². The van der Waals surface area contributed by atoms with Crippen LogP contribution in [0.15, 0.2) is 28.0 Å². The molecular weight excluding hydrogens is 270 g/mol. The van der Waals surface area contributed by atoms with Crippen LogP contribution in [0.3, 0.4) is 0 Å². The van der Waals surface area contributed by atoms with Crippen LogP contribution in [0, 0.1) is 5.92 Å². The lowest BCUT2D eigenvalue weighted by Crippen LogP contribution is -2.36. The van der Waals surface area contributed by atoms with Crippen molar-refractivity contribution in [2.24, 2.45) is 5.92 Å². The molecule has 0 unspecified atom stereocenters. The maximum absolute atomic E-state index is 11.8. The minimum absolute atomic E-state index is 0.0257. The summed E-state index contributed by atoms with van der Waals surface area (Å²) in [6, 6.07) is 2.35. The lowest BCUT2D eigenvalue weighted by atomic mass is 10.2. The van der Waals surface area contributed by atoms with Gasteiger partial charge in [0, 0.05) is 31.3 Å². The summed E-state index contributed by atoms with van der Waals surface area (Å²) in [6.45, 7) is 3.79. The Labute approximate surface area is 111 Å². The van der Waals surface area contributed by atoms with Gasteiger partial charge in [-0.2, -0.15) is 0 Å². The van der Waals surface area contributed by atoms with E-state index < -0.39 is 10.0 Å². The average molecular weight is 287 g/mol. The number of pyridine rings is 1. The van der Waals surface area contributed by atoms with E-state index in [0.29, 0.717) is 0 Å². The molecule has 0 radical (unpaired) electrons. The average Bonchev–Trinajstić information content (AvgIpc) is 2.34. The second-order valence-electron chi connectivity index (χ2n) is 4.23. The molecule has 0 saturated heterocycles. The highest BCUT2D eigenvalue weighted by Crippen LogP contribution is 2.02. The number of amides is 1. The van der Waals surface area contributed by atoms with Crippen LogP contribution in [0.1, 0.15) is 13.8 Å². The number of aromatic amines is 1. The van der Waals surface area contributed by atoms with Gasteiger partial charge in [0.1, 0.15) is 0 Å². The Morgan fingerprint density at radius 3 is 2.53 bits per heavy atom. The fourth-order valence-electron chi connectivity index (χ4n) is 1.22. The number of carbonyl (C=O) groups excluding carboxylic acids is 1. The van der Waals surface area contributed by atoms with Crippen LogP contribution in [0.2, 0.25) is 0 Å². The first-order chi connectivity index (χ1) is 8.83. The molecule has 0 bridgehead atoms. The molecule has 1 aromatic rings. The van der Waals surface area contributed by atoms with Crippen LogP contribution in [0.25, 0.3) is 0 Å². The maximum atomic E-state index is 11.8. The van der Waals surface area contributed by atoms with Gasteiger partial charge in [0.05, 0.1) is 4.90 Å². The highest BCUT2D eigenvalue weighted by molar-refractivity contribution is 7.89. The summed E-state index contributed by atoms with van der Waals surface area (Å²) < 4.78 is 25.9. The molecule has 106 valence electrons. The van der Waals surface area contributed by atoms with Crippen molar-refractivity contribution in [1.29, 1.82) is 0 Å². The van der Waals surface area contributed by atoms with Crippen molar-refractivity contribution in [3.8, 4) is 0 Å². The Kier molecular flexibility index (Phi) is 5.25. The van der Waals surface area contributed by atoms with E-state index in [1.54, 1.807) is 13.8 Å². The van der Waals surface area contributed by atoms with Crippen molar-refractivity contribution >= 4 is 15.9 Å². The third-order valence-corrected chi connectivity index (χ3v) is 3.77. The predicted molar refractivity (Wildman–Crippen MR) is 70.1 cm³/mol. The molecule has 3 N–H and O–H groups in total. The number of hydrogen-bond donors (Lipinski definition) is 3. The first-order valence-corrected chi connectivity index (χ1v) is 7.27. The molecule has 0 aliphatic carbocycles. The number of sulfonamides is 1. The van der Waals surface area contributed by atoms with Gasteiger partial charge in [0.25, 0.3) is 0 Å². The van der Waals surface area contributed by atoms with Gasteiger partial charge in [-0.3, -0.25) is 9.59 Å². The van der Waals surface area contributed by atoms with E-state index in [1.165, 1.54) is 6.07 Å². The molecule has 8 heteroatoms. The Bertz CT molecular complexity index is 572. The van der Waals surface area contributed by atoms with Gasteiger partial charge < -0.3 is 10.3 Å². The number of hydrogen-bond acceptors (Lipinski definition) is 4. The molecule has 0 saturated carbocycles. The van der Waals surface area contributed by atoms with E-state index in [0.717, 1.165) is 12.3 Å². The Balaban J connectivity index is 2.50. The molecule has 0 fully saturated rings. The summed E-state index contributed by atoms with van der Waals surface area (Å²) in [5.41, 5.74) is -0.372. The summed E-state index contributed by atoms with van der Waals surface area (Å²) in [5.74, 6) is -0.279. The topological polar surface area (TPSA) is 108 Å². The SMILES string of the molecule is CC(C)C(=O)NCCNS(=O)(=O)c1ccc(=O)[nH]c1. The van der Waals surface area contributed by atoms with Crippen molar-refractivity contribution in [1.82, 2.24) is 15.0 Å². The molecule has 0 spiro atoms. The van der Waals surface area contributed by atoms with Crippen LogP contribution in [0.5, 0.6) is 0 Å². The third-order valence-electron chi connectivity index (χ3n) is 2.31. The summed E-state index contributed by atoms with van der Waals surface area (Å²) in [7, 11) is -3.67. The number of carbonyl (C=O) groups is 1. The quantitative estimate of drug-likeness (QED) is 0.609. The Morgan fingerprint density at radius 2 is 2.00 bits per heavy atom. The molecule has 1 aromatic heterocycles. The van der Waals surface area contributed by atoms with Crippen molar-refractivity contribution in [3.63, 3.8) is 0 Å². The number of aromatic nitrogens is 1. The fraction of sp³-hybridized carbons (Fsp3) is 0.455. The predicted octanol–water partition coefficient (Wildman–Crippen LogP) is -0.575. The van der Waals surface area contributed by atoms with Gasteiger partial charge in [-0.25, -0.2) is 13.1 Å². The van der Waals surface area contributed by atoms with Crippen molar-refractivity contribution in [3.05, 3.63) is 28.7 Å². The zero-order valence-electron chi connectivity index (χ0n) is 10.8. The first-order valence-electron chi connectivity index (χ1n) is 5.79. The van der Waals surface area contributed by atoms with Crippen molar-refractivity contribution in [2.45, 2.75) is 18.7 Å². The summed E-state index contributed by atoms with van der Waals surface area (Å²) in [6.07, 6.45) is 1.12. The maximum Gasteiger partial charge on any atom is 0.247 e. The van der Waals surface area contributed by atoms with Gasteiger partial charge in [0.15, 0.2) is 0 Å². The van der Waals surface area contributed by atoms with Gasteiger partial charge >= 0.3 is 0 Å². The van der Waals surface area contributed by atoms with Crippen LogP contribution >= 0.6 is 0 Å². The zero-order valence-corrected chi connectivity index (χ0v) is 11.6. The van der Waals surface area contributed by atoms with Crippen LogP contribution in [0.4, 0.5) is 0 Å². The van der Waals surface area contributed by atoms with Crippen LogP contribution in [-0.2, 0) is 14.8 Å². The molecule has 1 heterocycles. The molecule has 0 atom stereocenters. The van der Waals surface area contributed by atoms with E-state index in [4.69, 9.17) is 0 Å². The van der Waals surface area contributed by atoms with Gasteiger partial charge in [-0.05, 0) is 6.07 Å². The number of H-pyrrole nitrogens is 1. The van der Waals surface area contributed by atoms with E-state index in [-0.39, 0.29) is 35.4 Å². The summed E-state index contributed by atoms with van der Waals surface area (Å²) in [4.78, 5) is 24.3. The Morgan fingerprint density at radius 1 is 1.32 bits per heavy atom. The highest BCUT2D eigenvalue weighted by Gasteiger charge is 2.13. The second kappa shape index (κ2) is 6.48. The zero-order chi connectivity index (χ0) is 14.5. The van der Waals surface area contributed by atoms with E-state index in [1.807, 2.05) is 0 Å². The molecular formula is C11H17N3O4S. The largest absolute Gasteiger partial charge is 0.355 e. The standard InChI is InChI=1S/C11H17N3O4S/c1-8(2)11(16)12-5-6-14-19(17,18)9-3-4-10(15)13-7-9/h3-4,7-8,14H,5-6H2,1-2H3,(H,12,16)(H,13,15). The number of nitrogens with one attached hydrogen (secondary N) is 3. The molecule has 0 aliphatic heterocycles. The van der Waals surface area contributed by atoms with E-state index in [2.05, 4.69) is 15.0 Å². The monoisotopic (exact) mass is 287 g/mol. The molecule has 0 aromatic carbocycles. The van der Waals surface area contributed by atoms with E-state index in [9.17, 15) is 18.0 Å². The molecule has 0 aliphatic rings. The first kappa shape index (κ1) is 15.4. The molecule has 19 heavy (non-hydrogen) atoms.